The van der Waals surface area contributed by atoms with Gasteiger partial charge in [0.1, 0.15) is 5.56 Å². The Morgan fingerprint density at radius 3 is 2.21 bits per heavy atom. The molecule has 1 aromatic carbocycles. The molecule has 0 aliphatic carbocycles. The SMILES string of the molecule is CCCCN(CC)C(=O)c1cc(OC)c(OC)c(OC)c1[N+](=O)[O-]. The second-order valence-electron chi connectivity index (χ2n) is 5.04. The molecule has 0 radical (unpaired) electrons. The number of nitro benzene ring substituents is 1. The Hall–Kier alpha value is -2.51. The van der Waals surface area contributed by atoms with Crippen LogP contribution < -0.4 is 14.2 Å². The summed E-state index contributed by atoms with van der Waals surface area (Å²) < 4.78 is 15.5. The molecule has 0 unspecified atom stereocenters. The zero-order valence-corrected chi connectivity index (χ0v) is 14.7. The highest BCUT2D eigenvalue weighted by Gasteiger charge is 2.33. The lowest BCUT2D eigenvalue weighted by atomic mass is 10.1. The quantitative estimate of drug-likeness (QED) is 0.507. The molecule has 0 bridgehead atoms. The first-order valence-electron chi connectivity index (χ1n) is 7.73. The van der Waals surface area contributed by atoms with Crippen LogP contribution in [0.2, 0.25) is 0 Å². The van der Waals surface area contributed by atoms with E-state index < -0.39 is 16.5 Å². The number of carbonyl (C=O) groups excluding carboxylic acids is 1. The summed E-state index contributed by atoms with van der Waals surface area (Å²) in [5.41, 5.74) is -0.498. The third-order valence-electron chi connectivity index (χ3n) is 3.67. The Balaban J connectivity index is 3.55. The van der Waals surface area contributed by atoms with Crippen LogP contribution in [-0.4, -0.2) is 50.1 Å². The minimum Gasteiger partial charge on any atom is -0.493 e. The summed E-state index contributed by atoms with van der Waals surface area (Å²) in [6.45, 7) is 4.82. The molecule has 0 aromatic heterocycles. The van der Waals surface area contributed by atoms with E-state index in [9.17, 15) is 14.9 Å². The van der Waals surface area contributed by atoms with E-state index >= 15 is 0 Å². The fourth-order valence-corrected chi connectivity index (χ4v) is 2.41. The minimum absolute atomic E-state index is 0.0764. The number of nitro groups is 1. The molecule has 0 spiro atoms. The zero-order chi connectivity index (χ0) is 18.3. The molecule has 8 heteroatoms. The van der Waals surface area contributed by atoms with Crippen molar-refractivity contribution in [3.05, 3.63) is 21.7 Å². The van der Waals surface area contributed by atoms with E-state index in [1.807, 2.05) is 13.8 Å². The third-order valence-corrected chi connectivity index (χ3v) is 3.67. The monoisotopic (exact) mass is 340 g/mol. The van der Waals surface area contributed by atoms with Crippen molar-refractivity contribution in [1.82, 2.24) is 4.90 Å². The summed E-state index contributed by atoms with van der Waals surface area (Å²) in [5, 5.41) is 11.6. The van der Waals surface area contributed by atoms with Crippen LogP contribution in [0.5, 0.6) is 17.2 Å². The largest absolute Gasteiger partial charge is 0.493 e. The fourth-order valence-electron chi connectivity index (χ4n) is 2.41. The molecule has 0 aliphatic heterocycles. The van der Waals surface area contributed by atoms with Crippen LogP contribution in [0.1, 0.15) is 37.0 Å². The number of benzene rings is 1. The summed E-state index contributed by atoms with van der Waals surface area (Å²) in [5.74, 6) is -0.275. The summed E-state index contributed by atoms with van der Waals surface area (Å²) in [6.07, 6.45) is 1.74. The molecule has 0 saturated carbocycles. The molecular weight excluding hydrogens is 316 g/mol. The number of hydrogen-bond acceptors (Lipinski definition) is 6. The molecule has 8 nitrogen and oxygen atoms in total. The molecule has 1 rings (SSSR count). The van der Waals surface area contributed by atoms with Gasteiger partial charge in [-0.2, -0.15) is 0 Å². The fraction of sp³-hybridized carbons (Fsp3) is 0.562. The maximum Gasteiger partial charge on any atom is 0.327 e. The Kier molecular flexibility index (Phi) is 7.29. The van der Waals surface area contributed by atoms with Crippen LogP contribution in [0.15, 0.2) is 6.07 Å². The summed E-state index contributed by atoms with van der Waals surface area (Å²) in [4.78, 5) is 25.3. The summed E-state index contributed by atoms with van der Waals surface area (Å²) in [7, 11) is 4.03. The minimum atomic E-state index is -0.637. The molecule has 24 heavy (non-hydrogen) atoms. The molecule has 0 fully saturated rings. The number of rotatable bonds is 9. The number of ether oxygens (including phenoxy) is 3. The van der Waals surface area contributed by atoms with Crippen LogP contribution >= 0.6 is 0 Å². The van der Waals surface area contributed by atoms with E-state index in [4.69, 9.17) is 14.2 Å². The predicted octanol–water partition coefficient (Wildman–Crippen LogP) is 2.88. The number of amides is 1. The van der Waals surface area contributed by atoms with Crippen LogP contribution in [-0.2, 0) is 0 Å². The van der Waals surface area contributed by atoms with Crippen molar-refractivity contribution in [2.75, 3.05) is 34.4 Å². The highest BCUT2D eigenvalue weighted by molar-refractivity contribution is 6.00. The van der Waals surface area contributed by atoms with Gasteiger partial charge in [-0.25, -0.2) is 0 Å². The summed E-state index contributed by atoms with van der Waals surface area (Å²) >= 11 is 0. The number of unbranched alkanes of at least 4 members (excludes halogenated alkanes) is 1. The molecule has 1 amide bonds. The standard InChI is InChI=1S/C16H24N2O6/c1-6-8-9-17(7-2)16(19)11-10-12(22-3)14(23-4)15(24-5)13(11)18(20)21/h10H,6-9H2,1-5H3. The molecule has 134 valence electrons. The first-order valence-corrected chi connectivity index (χ1v) is 7.73. The van der Waals surface area contributed by atoms with Crippen molar-refractivity contribution in [2.24, 2.45) is 0 Å². The van der Waals surface area contributed by atoms with Crippen molar-refractivity contribution in [2.45, 2.75) is 26.7 Å². The van der Waals surface area contributed by atoms with Gasteiger partial charge in [-0.1, -0.05) is 13.3 Å². The second-order valence-corrected chi connectivity index (χ2v) is 5.04. The number of methoxy groups -OCH3 is 3. The Morgan fingerprint density at radius 2 is 1.79 bits per heavy atom. The smallest absolute Gasteiger partial charge is 0.327 e. The lowest BCUT2D eigenvalue weighted by Gasteiger charge is -2.22. The average molecular weight is 340 g/mol. The second kappa shape index (κ2) is 8.95. The van der Waals surface area contributed by atoms with Gasteiger partial charge < -0.3 is 19.1 Å². The first kappa shape index (κ1) is 19.5. The molecule has 0 atom stereocenters. The average Bonchev–Trinajstić information content (AvgIpc) is 2.59. The molecule has 1 aromatic rings. The number of nitrogens with zero attached hydrogens (tertiary/aromatic N) is 2. The van der Waals surface area contributed by atoms with Crippen LogP contribution in [0.3, 0.4) is 0 Å². The lowest BCUT2D eigenvalue weighted by molar-refractivity contribution is -0.386. The molecule has 0 heterocycles. The van der Waals surface area contributed by atoms with Gasteiger partial charge in [-0.15, -0.1) is 0 Å². The van der Waals surface area contributed by atoms with Gasteiger partial charge in [-0.05, 0) is 13.3 Å². The van der Waals surface area contributed by atoms with Gasteiger partial charge >= 0.3 is 5.69 Å². The number of hydrogen-bond donors (Lipinski definition) is 0. The Bertz CT molecular complexity index is 603. The highest BCUT2D eigenvalue weighted by atomic mass is 16.6. The van der Waals surface area contributed by atoms with E-state index in [2.05, 4.69) is 0 Å². The van der Waals surface area contributed by atoms with Crippen LogP contribution in [0.4, 0.5) is 5.69 Å². The van der Waals surface area contributed by atoms with Crippen molar-refractivity contribution in [1.29, 1.82) is 0 Å². The van der Waals surface area contributed by atoms with Gasteiger partial charge in [0.05, 0.1) is 26.3 Å². The third kappa shape index (κ3) is 3.87. The van der Waals surface area contributed by atoms with E-state index in [0.717, 1.165) is 12.8 Å². The van der Waals surface area contributed by atoms with E-state index in [1.165, 1.54) is 27.4 Å². The lowest BCUT2D eigenvalue weighted by Crippen LogP contribution is -2.32. The first-order chi connectivity index (χ1) is 11.5. The summed E-state index contributed by atoms with van der Waals surface area (Å²) in [6, 6.07) is 1.33. The number of carbonyl (C=O) groups is 1. The van der Waals surface area contributed by atoms with Gasteiger partial charge in [0, 0.05) is 19.2 Å². The van der Waals surface area contributed by atoms with Crippen LogP contribution in [0, 0.1) is 10.1 Å². The van der Waals surface area contributed by atoms with Gasteiger partial charge in [0.15, 0.2) is 5.75 Å². The van der Waals surface area contributed by atoms with Crippen LogP contribution in [0.25, 0.3) is 0 Å². The van der Waals surface area contributed by atoms with Gasteiger partial charge in [0.25, 0.3) is 5.91 Å². The maximum atomic E-state index is 12.8. The Morgan fingerprint density at radius 1 is 1.17 bits per heavy atom. The van der Waals surface area contributed by atoms with Crippen molar-refractivity contribution in [3.8, 4) is 17.2 Å². The normalized spacial score (nSPS) is 10.2. The molecule has 0 aliphatic rings. The van der Waals surface area contributed by atoms with E-state index in [1.54, 1.807) is 4.90 Å². The van der Waals surface area contributed by atoms with Gasteiger partial charge in [0.2, 0.25) is 11.5 Å². The topological polar surface area (TPSA) is 91.1 Å². The van der Waals surface area contributed by atoms with Crippen molar-refractivity contribution in [3.63, 3.8) is 0 Å². The van der Waals surface area contributed by atoms with Crippen molar-refractivity contribution >= 4 is 11.6 Å². The Labute approximate surface area is 141 Å². The van der Waals surface area contributed by atoms with Crippen molar-refractivity contribution < 1.29 is 23.9 Å². The highest BCUT2D eigenvalue weighted by Crippen LogP contribution is 2.46. The zero-order valence-electron chi connectivity index (χ0n) is 14.7. The molecular formula is C16H24N2O6. The van der Waals surface area contributed by atoms with E-state index in [0.29, 0.717) is 13.1 Å². The maximum absolute atomic E-state index is 12.8. The van der Waals surface area contributed by atoms with Gasteiger partial charge in [-0.3, -0.25) is 14.9 Å². The van der Waals surface area contributed by atoms with E-state index in [-0.39, 0.29) is 22.8 Å². The molecule has 0 saturated heterocycles. The molecule has 0 N–H and O–H groups in total. The predicted molar refractivity (Wildman–Crippen MR) is 89.2 cm³/mol.